The van der Waals surface area contributed by atoms with Crippen LogP contribution in [0.4, 0.5) is 0 Å². The third-order valence-electron chi connectivity index (χ3n) is 6.30. The molecule has 1 N–H and O–H groups in total. The molecule has 0 amide bonds. The zero-order valence-electron chi connectivity index (χ0n) is 18.9. The highest BCUT2D eigenvalue weighted by Gasteiger charge is 2.23. The van der Waals surface area contributed by atoms with Crippen molar-refractivity contribution in [2.24, 2.45) is 5.92 Å². The van der Waals surface area contributed by atoms with Gasteiger partial charge in [0.1, 0.15) is 11.5 Å². The van der Waals surface area contributed by atoms with Gasteiger partial charge in [-0.2, -0.15) is 0 Å². The highest BCUT2D eigenvalue weighted by Crippen LogP contribution is 2.32. The highest BCUT2D eigenvalue weighted by atomic mass is 16.5. The number of rotatable bonds is 6. The van der Waals surface area contributed by atoms with E-state index in [0.717, 1.165) is 33.6 Å². The largest absolute Gasteiger partial charge is 0.507 e. The number of hydrogen-bond donors (Lipinski definition) is 1. The number of carbonyl (C=O) groups excluding carboxylic acids is 1. The van der Waals surface area contributed by atoms with Gasteiger partial charge in [-0.25, -0.2) is 0 Å². The molecule has 0 bridgehead atoms. The summed E-state index contributed by atoms with van der Waals surface area (Å²) in [5, 5.41) is 9.92. The Labute approximate surface area is 180 Å². The van der Waals surface area contributed by atoms with Gasteiger partial charge in [0.05, 0.1) is 6.10 Å². The molecule has 0 spiro atoms. The Hall–Kier alpha value is -2.55. The lowest BCUT2D eigenvalue weighted by atomic mass is 9.86. The maximum Gasteiger partial charge on any atom is 0.185 e. The van der Waals surface area contributed by atoms with Gasteiger partial charge in [-0.3, -0.25) is 4.79 Å². The summed E-state index contributed by atoms with van der Waals surface area (Å²) in [5.41, 5.74) is 5.21. The van der Waals surface area contributed by atoms with E-state index in [9.17, 15) is 9.90 Å². The number of aryl methyl sites for hydroxylation is 4. The first-order valence-corrected chi connectivity index (χ1v) is 11.1. The van der Waals surface area contributed by atoms with Crippen molar-refractivity contribution in [3.8, 4) is 11.5 Å². The average molecular weight is 407 g/mol. The zero-order valence-corrected chi connectivity index (χ0v) is 18.9. The van der Waals surface area contributed by atoms with Crippen LogP contribution >= 0.6 is 0 Å². The van der Waals surface area contributed by atoms with Crippen LogP contribution in [-0.2, 0) is 0 Å². The van der Waals surface area contributed by atoms with Crippen molar-refractivity contribution in [1.29, 1.82) is 0 Å². The second kappa shape index (κ2) is 9.51. The van der Waals surface area contributed by atoms with Gasteiger partial charge in [-0.15, -0.1) is 0 Å². The number of allylic oxidation sites excluding steroid dienone is 1. The molecule has 160 valence electrons. The van der Waals surface area contributed by atoms with E-state index in [4.69, 9.17) is 4.74 Å². The van der Waals surface area contributed by atoms with E-state index in [2.05, 4.69) is 6.92 Å². The van der Waals surface area contributed by atoms with Crippen LogP contribution in [0.5, 0.6) is 11.5 Å². The molecular weight excluding hydrogens is 372 g/mol. The molecule has 30 heavy (non-hydrogen) atoms. The molecule has 0 heterocycles. The van der Waals surface area contributed by atoms with Crippen LogP contribution in [0, 0.1) is 33.6 Å². The first-order valence-electron chi connectivity index (χ1n) is 11.1. The van der Waals surface area contributed by atoms with Crippen LogP contribution in [0.25, 0.3) is 6.08 Å². The van der Waals surface area contributed by atoms with Crippen molar-refractivity contribution in [2.45, 2.75) is 72.8 Å². The summed E-state index contributed by atoms with van der Waals surface area (Å²) in [7, 11) is 0. The minimum absolute atomic E-state index is 0.0311. The first kappa shape index (κ1) is 22.1. The molecule has 3 rings (SSSR count). The van der Waals surface area contributed by atoms with Crippen LogP contribution < -0.4 is 4.74 Å². The van der Waals surface area contributed by atoms with E-state index < -0.39 is 0 Å². The molecule has 1 unspecified atom stereocenters. The molecule has 1 fully saturated rings. The molecule has 1 aliphatic carbocycles. The van der Waals surface area contributed by atoms with Crippen LogP contribution in [0.3, 0.4) is 0 Å². The smallest absolute Gasteiger partial charge is 0.185 e. The number of carbonyl (C=O) groups is 1. The van der Waals surface area contributed by atoms with Gasteiger partial charge in [0, 0.05) is 5.56 Å². The van der Waals surface area contributed by atoms with Gasteiger partial charge >= 0.3 is 0 Å². The van der Waals surface area contributed by atoms with Gasteiger partial charge < -0.3 is 9.84 Å². The molecule has 2 aromatic carbocycles. The van der Waals surface area contributed by atoms with E-state index >= 15 is 0 Å². The van der Waals surface area contributed by atoms with Crippen molar-refractivity contribution in [3.05, 3.63) is 63.7 Å². The lowest BCUT2D eigenvalue weighted by molar-refractivity contribution is 0.104. The fraction of sp³-hybridized carbons (Fsp3) is 0.444. The summed E-state index contributed by atoms with van der Waals surface area (Å²) in [4.78, 5) is 12.8. The van der Waals surface area contributed by atoms with E-state index in [-0.39, 0.29) is 11.9 Å². The van der Waals surface area contributed by atoms with Gasteiger partial charge in [-0.1, -0.05) is 25.3 Å². The van der Waals surface area contributed by atoms with Crippen molar-refractivity contribution < 1.29 is 14.6 Å². The Kier molecular flexibility index (Phi) is 7.02. The Morgan fingerprint density at radius 3 is 2.10 bits per heavy atom. The maximum absolute atomic E-state index is 12.8. The predicted octanol–water partition coefficient (Wildman–Crippen LogP) is 6.87. The first-order chi connectivity index (χ1) is 14.3. The number of phenolic OH excluding ortho intramolecular Hbond substituents is 1. The Morgan fingerprint density at radius 1 is 0.967 bits per heavy atom. The maximum atomic E-state index is 12.8. The van der Waals surface area contributed by atoms with E-state index in [1.165, 1.54) is 32.1 Å². The zero-order chi connectivity index (χ0) is 21.8. The Morgan fingerprint density at radius 2 is 1.53 bits per heavy atom. The van der Waals surface area contributed by atoms with E-state index in [0.29, 0.717) is 17.2 Å². The Bertz CT molecular complexity index is 903. The average Bonchev–Trinajstić information content (AvgIpc) is 2.73. The standard InChI is InChI=1S/C27H34O3/c1-17-13-22(14-18(2)26(17)29)11-12-25(28)24-15-19(3)27(20(4)16-24)30-21(5)23-9-7-6-8-10-23/h11-16,21,23,29H,6-10H2,1-5H3. The molecule has 0 aliphatic heterocycles. The second-order valence-corrected chi connectivity index (χ2v) is 8.86. The minimum Gasteiger partial charge on any atom is -0.507 e. The normalized spacial score (nSPS) is 16.0. The molecule has 1 saturated carbocycles. The van der Waals surface area contributed by atoms with Crippen LogP contribution in [0.15, 0.2) is 30.3 Å². The number of hydrogen-bond acceptors (Lipinski definition) is 3. The molecule has 0 saturated heterocycles. The Balaban J connectivity index is 1.74. The molecule has 3 nitrogen and oxygen atoms in total. The van der Waals surface area contributed by atoms with Crippen LogP contribution in [0.1, 0.15) is 77.2 Å². The second-order valence-electron chi connectivity index (χ2n) is 8.86. The minimum atomic E-state index is -0.0311. The van der Waals surface area contributed by atoms with Crippen molar-refractivity contribution in [3.63, 3.8) is 0 Å². The summed E-state index contributed by atoms with van der Waals surface area (Å²) in [6.07, 6.45) is 10.0. The molecule has 2 aromatic rings. The van der Waals surface area contributed by atoms with Gasteiger partial charge in [0.25, 0.3) is 0 Å². The van der Waals surface area contributed by atoms with Crippen molar-refractivity contribution in [1.82, 2.24) is 0 Å². The van der Waals surface area contributed by atoms with Gasteiger partial charge in [0.15, 0.2) is 5.78 Å². The van der Waals surface area contributed by atoms with Gasteiger partial charge in [0.2, 0.25) is 0 Å². The lowest BCUT2D eigenvalue weighted by Gasteiger charge is -2.29. The monoisotopic (exact) mass is 406 g/mol. The van der Waals surface area contributed by atoms with Crippen LogP contribution in [-0.4, -0.2) is 17.0 Å². The highest BCUT2D eigenvalue weighted by molar-refractivity contribution is 6.07. The third-order valence-corrected chi connectivity index (χ3v) is 6.30. The molecule has 1 aliphatic rings. The molecule has 1 atom stereocenters. The molecular formula is C27H34O3. The fourth-order valence-corrected chi connectivity index (χ4v) is 4.52. The third kappa shape index (κ3) is 5.13. The number of ether oxygens (including phenoxy) is 1. The fourth-order valence-electron chi connectivity index (χ4n) is 4.52. The van der Waals surface area contributed by atoms with Crippen molar-refractivity contribution >= 4 is 11.9 Å². The van der Waals surface area contributed by atoms with E-state index in [1.807, 2.05) is 58.0 Å². The number of benzene rings is 2. The number of ketones is 1. The summed E-state index contributed by atoms with van der Waals surface area (Å²) < 4.78 is 6.36. The molecule has 0 radical (unpaired) electrons. The predicted molar refractivity (Wildman–Crippen MR) is 124 cm³/mol. The number of phenols is 1. The molecule has 0 aromatic heterocycles. The number of aromatic hydroxyl groups is 1. The SMILES string of the molecule is Cc1cc(C=CC(=O)c2cc(C)c(OC(C)C3CCCCC3)c(C)c2)cc(C)c1O. The van der Waals surface area contributed by atoms with Gasteiger partial charge in [-0.05, 0) is 112 Å². The topological polar surface area (TPSA) is 46.5 Å². The van der Waals surface area contributed by atoms with Crippen LogP contribution in [0.2, 0.25) is 0 Å². The lowest BCUT2D eigenvalue weighted by Crippen LogP contribution is -2.26. The quantitative estimate of drug-likeness (QED) is 0.420. The van der Waals surface area contributed by atoms with Crippen molar-refractivity contribution in [2.75, 3.05) is 0 Å². The van der Waals surface area contributed by atoms with E-state index in [1.54, 1.807) is 6.08 Å². The summed E-state index contributed by atoms with van der Waals surface area (Å²) in [5.74, 6) is 1.82. The summed E-state index contributed by atoms with van der Waals surface area (Å²) in [6, 6.07) is 7.62. The summed E-state index contributed by atoms with van der Waals surface area (Å²) in [6.45, 7) is 9.94. The summed E-state index contributed by atoms with van der Waals surface area (Å²) >= 11 is 0. The molecule has 3 heteroatoms.